The van der Waals surface area contributed by atoms with Crippen molar-refractivity contribution >= 4 is 23.4 Å². The molecule has 9 heteroatoms. The molecule has 4 aliphatic rings. The molecule has 0 saturated carbocycles. The summed E-state index contributed by atoms with van der Waals surface area (Å²) in [6.45, 7) is 7.35. The number of anilines is 1. The Morgan fingerprint density at radius 2 is 1.64 bits per heavy atom. The van der Waals surface area contributed by atoms with Crippen molar-refractivity contribution in [2.75, 3.05) is 37.7 Å². The van der Waals surface area contributed by atoms with Gasteiger partial charge in [-0.25, -0.2) is 0 Å². The van der Waals surface area contributed by atoms with Crippen molar-refractivity contribution < 1.29 is 29.0 Å². The number of likely N-dealkylation sites (tertiary alicyclic amines) is 1. The van der Waals surface area contributed by atoms with Gasteiger partial charge in [0.1, 0.15) is 17.4 Å². The summed E-state index contributed by atoms with van der Waals surface area (Å²) in [5.74, 6) is -1.94. The number of fused-ring (bicyclic) bond motifs is 2. The second-order valence-corrected chi connectivity index (χ2v) is 12.3. The van der Waals surface area contributed by atoms with Gasteiger partial charge in [0.2, 0.25) is 17.7 Å². The summed E-state index contributed by atoms with van der Waals surface area (Å²) in [6, 6.07) is 14.8. The van der Waals surface area contributed by atoms with Crippen LogP contribution in [0.15, 0.2) is 78.9 Å². The van der Waals surface area contributed by atoms with E-state index in [1.54, 1.807) is 9.80 Å². The Kier molecular flexibility index (Phi) is 8.59. The summed E-state index contributed by atoms with van der Waals surface area (Å²) in [4.78, 5) is 49.3. The van der Waals surface area contributed by atoms with Crippen LogP contribution in [0.2, 0.25) is 0 Å². The van der Waals surface area contributed by atoms with Crippen LogP contribution < -0.4 is 9.64 Å². The van der Waals surface area contributed by atoms with Gasteiger partial charge < -0.3 is 29.3 Å². The van der Waals surface area contributed by atoms with Crippen molar-refractivity contribution in [2.45, 2.75) is 63.3 Å². The van der Waals surface area contributed by atoms with E-state index in [-0.39, 0.29) is 24.3 Å². The number of ether oxygens (including phenoxy) is 2. The SMILES string of the molecule is CCCCN1CC=C[C@]23O[C@]4(CC)C=CCN(c5ccc(OCC)cc5)C(=O)[C@@H]4[C@H]2C(=O)N([C@H](CO)c2ccccc2)C3C1=O. The van der Waals surface area contributed by atoms with Gasteiger partial charge in [0, 0.05) is 25.3 Å². The number of aliphatic hydroxyl groups is 1. The van der Waals surface area contributed by atoms with Crippen molar-refractivity contribution in [3.8, 4) is 5.75 Å². The van der Waals surface area contributed by atoms with Gasteiger partial charge in [-0.05, 0) is 49.6 Å². The molecular formula is C36H43N3O6. The largest absolute Gasteiger partial charge is 0.494 e. The van der Waals surface area contributed by atoms with E-state index in [1.165, 1.54) is 4.90 Å². The fourth-order valence-corrected chi connectivity index (χ4v) is 7.78. The summed E-state index contributed by atoms with van der Waals surface area (Å²) in [5, 5.41) is 10.8. The maximum Gasteiger partial charge on any atom is 0.249 e. The van der Waals surface area contributed by atoms with Crippen LogP contribution in [0.1, 0.15) is 51.6 Å². The molecule has 1 N–H and O–H groups in total. The van der Waals surface area contributed by atoms with E-state index in [9.17, 15) is 19.5 Å². The Balaban J connectivity index is 1.49. The van der Waals surface area contributed by atoms with Crippen LogP contribution in [0.4, 0.5) is 5.69 Å². The Hall–Kier alpha value is -3.95. The molecule has 2 saturated heterocycles. The molecule has 1 unspecified atom stereocenters. The Morgan fingerprint density at radius 3 is 2.31 bits per heavy atom. The van der Waals surface area contributed by atoms with Crippen LogP contribution in [0.5, 0.6) is 5.75 Å². The zero-order chi connectivity index (χ0) is 31.8. The van der Waals surface area contributed by atoms with E-state index < -0.39 is 35.1 Å². The first-order chi connectivity index (χ1) is 21.9. The first-order valence-electron chi connectivity index (χ1n) is 16.2. The molecule has 2 aromatic carbocycles. The lowest BCUT2D eigenvalue weighted by Gasteiger charge is -2.41. The lowest BCUT2D eigenvalue weighted by Crippen LogP contribution is -2.57. The lowest BCUT2D eigenvalue weighted by molar-refractivity contribution is -0.155. The van der Waals surface area contributed by atoms with Gasteiger partial charge in [-0.1, -0.05) is 74.9 Å². The van der Waals surface area contributed by atoms with Crippen molar-refractivity contribution in [2.24, 2.45) is 11.8 Å². The van der Waals surface area contributed by atoms with Crippen LogP contribution in [0.25, 0.3) is 0 Å². The number of benzene rings is 2. The highest BCUT2D eigenvalue weighted by Gasteiger charge is 2.76. The smallest absolute Gasteiger partial charge is 0.249 e. The summed E-state index contributed by atoms with van der Waals surface area (Å²) in [5.41, 5.74) is -1.07. The van der Waals surface area contributed by atoms with E-state index in [2.05, 4.69) is 6.92 Å². The van der Waals surface area contributed by atoms with E-state index in [4.69, 9.17) is 9.47 Å². The molecule has 0 radical (unpaired) electrons. The van der Waals surface area contributed by atoms with Gasteiger partial charge in [-0.3, -0.25) is 14.4 Å². The Bertz CT molecular complexity index is 1480. The average Bonchev–Trinajstić information content (AvgIpc) is 3.35. The molecule has 4 aliphatic heterocycles. The maximum absolute atomic E-state index is 14.9. The van der Waals surface area contributed by atoms with Gasteiger partial charge in [-0.15, -0.1) is 0 Å². The van der Waals surface area contributed by atoms with Gasteiger partial charge in [0.05, 0.1) is 36.7 Å². The van der Waals surface area contributed by atoms with E-state index in [0.717, 1.165) is 18.4 Å². The highest BCUT2D eigenvalue weighted by atomic mass is 16.5. The minimum atomic E-state index is -1.39. The Labute approximate surface area is 265 Å². The third-order valence-corrected chi connectivity index (χ3v) is 9.90. The summed E-state index contributed by atoms with van der Waals surface area (Å²) in [6.07, 6.45) is 9.83. The first kappa shape index (κ1) is 31.0. The quantitative estimate of drug-likeness (QED) is 0.402. The number of aliphatic hydroxyl groups excluding tert-OH is 1. The molecule has 2 aromatic rings. The van der Waals surface area contributed by atoms with Gasteiger partial charge >= 0.3 is 0 Å². The number of amides is 3. The van der Waals surface area contributed by atoms with Gasteiger partial charge in [-0.2, -0.15) is 0 Å². The minimum Gasteiger partial charge on any atom is -0.494 e. The normalized spacial score (nSPS) is 29.7. The summed E-state index contributed by atoms with van der Waals surface area (Å²) >= 11 is 0. The van der Waals surface area contributed by atoms with Crippen molar-refractivity contribution in [1.29, 1.82) is 0 Å². The Morgan fingerprint density at radius 1 is 0.911 bits per heavy atom. The summed E-state index contributed by atoms with van der Waals surface area (Å²) in [7, 11) is 0. The maximum atomic E-state index is 14.9. The highest BCUT2D eigenvalue weighted by molar-refractivity contribution is 6.04. The zero-order valence-electron chi connectivity index (χ0n) is 26.3. The van der Waals surface area contributed by atoms with Crippen LogP contribution in [-0.2, 0) is 19.1 Å². The van der Waals surface area contributed by atoms with Crippen molar-refractivity contribution in [1.82, 2.24) is 9.80 Å². The monoisotopic (exact) mass is 613 g/mol. The van der Waals surface area contributed by atoms with Crippen LogP contribution in [0, 0.1) is 11.8 Å². The van der Waals surface area contributed by atoms with Gasteiger partial charge in [0.25, 0.3) is 0 Å². The number of rotatable bonds is 10. The number of unbranched alkanes of at least 4 members (excludes halogenated alkanes) is 1. The van der Waals surface area contributed by atoms with Crippen LogP contribution >= 0.6 is 0 Å². The molecule has 0 aliphatic carbocycles. The number of hydrogen-bond acceptors (Lipinski definition) is 6. The average molecular weight is 614 g/mol. The van der Waals surface area contributed by atoms with Crippen molar-refractivity contribution in [3.05, 3.63) is 84.5 Å². The molecule has 2 fully saturated rings. The first-order valence-corrected chi connectivity index (χ1v) is 16.2. The molecule has 6 rings (SSSR count). The highest BCUT2D eigenvalue weighted by Crippen LogP contribution is 2.60. The predicted octanol–water partition coefficient (Wildman–Crippen LogP) is 4.28. The number of nitrogens with zero attached hydrogens (tertiary/aromatic N) is 3. The molecule has 9 nitrogen and oxygen atoms in total. The molecular weight excluding hydrogens is 570 g/mol. The number of hydrogen-bond donors (Lipinski definition) is 1. The van der Waals surface area contributed by atoms with E-state index in [0.29, 0.717) is 44.1 Å². The third-order valence-electron chi connectivity index (χ3n) is 9.90. The second-order valence-electron chi connectivity index (χ2n) is 12.3. The second kappa shape index (κ2) is 12.4. The third kappa shape index (κ3) is 4.97. The standard InChI is InChI=1S/C36H43N3O6/c1-4-7-21-37-22-12-20-36-30(33(42)39(31(36)34(37)43)28(24-40)25-13-9-8-10-14-25)29-32(41)38(23-11-19-35(29,5-2)45-36)26-15-17-27(18-16-26)44-6-3/h8-20,28-31,40H,4-7,21-24H2,1-3H3/t28-,29+,30+,31?,35-,36+/m1/s1. The van der Waals surface area contributed by atoms with E-state index in [1.807, 2.05) is 92.7 Å². The van der Waals surface area contributed by atoms with Crippen LogP contribution in [-0.4, -0.2) is 82.7 Å². The molecule has 3 amide bonds. The minimum absolute atomic E-state index is 0.221. The molecule has 0 aromatic heterocycles. The summed E-state index contributed by atoms with van der Waals surface area (Å²) < 4.78 is 12.7. The predicted molar refractivity (Wildman–Crippen MR) is 170 cm³/mol. The molecule has 6 atom stereocenters. The molecule has 45 heavy (non-hydrogen) atoms. The molecule has 238 valence electrons. The van der Waals surface area contributed by atoms with E-state index >= 15 is 0 Å². The lowest BCUT2D eigenvalue weighted by atomic mass is 9.73. The molecule has 4 heterocycles. The number of carbonyl (C=O) groups excluding carboxylic acids is 3. The molecule has 0 bridgehead atoms. The fraction of sp³-hybridized carbons (Fsp3) is 0.472. The zero-order valence-corrected chi connectivity index (χ0v) is 26.3. The van der Waals surface area contributed by atoms with Crippen LogP contribution in [0.3, 0.4) is 0 Å². The fourth-order valence-electron chi connectivity index (χ4n) is 7.78. The van der Waals surface area contributed by atoms with Crippen molar-refractivity contribution in [3.63, 3.8) is 0 Å². The number of carbonyl (C=O) groups is 3. The topological polar surface area (TPSA) is 99.6 Å². The molecule has 1 spiro atoms. The van der Waals surface area contributed by atoms with Gasteiger partial charge in [0.15, 0.2) is 0 Å².